The second kappa shape index (κ2) is 5.01. The highest BCUT2D eigenvalue weighted by molar-refractivity contribution is 7.99. The van der Waals surface area contributed by atoms with Crippen molar-refractivity contribution in [1.29, 1.82) is 0 Å². The van der Waals surface area contributed by atoms with Gasteiger partial charge in [-0.15, -0.1) is 10.2 Å². The summed E-state index contributed by atoms with van der Waals surface area (Å²) in [6, 6.07) is 0. The number of aromatic nitrogens is 4. The van der Waals surface area contributed by atoms with Crippen LogP contribution in [0.1, 0.15) is 24.2 Å². The standard InChI is InChI=1S/C10H11ClN4OS/c1-4-7-12-8(11)5(2)9(13-7)17-10-15-14-6(3)16-10/h4H2,1-3H3. The molecule has 0 unspecified atom stereocenters. The lowest BCUT2D eigenvalue weighted by molar-refractivity contribution is 0.429. The Kier molecular flexibility index (Phi) is 3.63. The van der Waals surface area contributed by atoms with Crippen molar-refractivity contribution in [2.75, 3.05) is 0 Å². The molecule has 90 valence electrons. The number of nitrogens with zero attached hydrogens (tertiary/aromatic N) is 4. The first-order valence-electron chi connectivity index (χ1n) is 5.11. The Hall–Kier alpha value is -1.14. The summed E-state index contributed by atoms with van der Waals surface area (Å²) in [5, 5.41) is 9.36. The van der Waals surface area contributed by atoms with Gasteiger partial charge in [-0.1, -0.05) is 18.5 Å². The van der Waals surface area contributed by atoms with E-state index in [1.165, 1.54) is 11.8 Å². The molecule has 0 atom stereocenters. The van der Waals surface area contributed by atoms with Gasteiger partial charge in [0, 0.05) is 18.9 Å². The van der Waals surface area contributed by atoms with E-state index in [1.807, 2.05) is 13.8 Å². The molecular formula is C10H11ClN4OS. The molecule has 0 radical (unpaired) electrons. The molecule has 2 aromatic heterocycles. The van der Waals surface area contributed by atoms with Gasteiger partial charge < -0.3 is 4.42 Å². The third-order valence-corrected chi connectivity index (χ3v) is 3.39. The van der Waals surface area contributed by atoms with Crippen LogP contribution in [0.5, 0.6) is 0 Å². The van der Waals surface area contributed by atoms with Gasteiger partial charge in [-0.25, -0.2) is 9.97 Å². The van der Waals surface area contributed by atoms with Crippen LogP contribution in [-0.4, -0.2) is 20.2 Å². The molecule has 0 aromatic carbocycles. The van der Waals surface area contributed by atoms with Crippen LogP contribution in [0.15, 0.2) is 14.7 Å². The van der Waals surface area contributed by atoms with Crippen LogP contribution < -0.4 is 0 Å². The fraction of sp³-hybridized carbons (Fsp3) is 0.400. The minimum atomic E-state index is 0.461. The molecule has 0 spiro atoms. The maximum atomic E-state index is 6.04. The van der Waals surface area contributed by atoms with Crippen molar-refractivity contribution >= 4 is 23.4 Å². The van der Waals surface area contributed by atoms with Gasteiger partial charge in [0.15, 0.2) is 0 Å². The predicted octanol–water partition coefficient (Wildman–Crippen LogP) is 2.84. The van der Waals surface area contributed by atoms with Gasteiger partial charge in [-0.3, -0.25) is 0 Å². The van der Waals surface area contributed by atoms with Crippen molar-refractivity contribution in [2.45, 2.75) is 37.4 Å². The number of hydrogen-bond donors (Lipinski definition) is 0. The molecular weight excluding hydrogens is 260 g/mol. The summed E-state index contributed by atoms with van der Waals surface area (Å²) >= 11 is 7.34. The van der Waals surface area contributed by atoms with E-state index in [0.29, 0.717) is 22.1 Å². The van der Waals surface area contributed by atoms with Gasteiger partial charge in [0.1, 0.15) is 16.0 Å². The number of hydrogen-bond acceptors (Lipinski definition) is 6. The number of rotatable bonds is 3. The molecule has 0 N–H and O–H groups in total. The van der Waals surface area contributed by atoms with E-state index >= 15 is 0 Å². The Balaban J connectivity index is 2.34. The number of aryl methyl sites for hydroxylation is 2. The fourth-order valence-electron chi connectivity index (χ4n) is 1.17. The largest absolute Gasteiger partial charge is 0.416 e. The molecule has 17 heavy (non-hydrogen) atoms. The minimum Gasteiger partial charge on any atom is -0.416 e. The first kappa shape index (κ1) is 12.3. The monoisotopic (exact) mass is 270 g/mol. The van der Waals surface area contributed by atoms with E-state index in [2.05, 4.69) is 20.2 Å². The lowest BCUT2D eigenvalue weighted by Gasteiger charge is -2.05. The van der Waals surface area contributed by atoms with Crippen LogP contribution in [0, 0.1) is 13.8 Å². The van der Waals surface area contributed by atoms with E-state index < -0.39 is 0 Å². The second-order valence-electron chi connectivity index (χ2n) is 3.40. The van der Waals surface area contributed by atoms with Crippen LogP contribution in [-0.2, 0) is 6.42 Å². The Bertz CT molecular complexity index is 543. The molecule has 0 bridgehead atoms. The van der Waals surface area contributed by atoms with E-state index in [9.17, 15) is 0 Å². The highest BCUT2D eigenvalue weighted by atomic mass is 35.5. The third kappa shape index (κ3) is 2.76. The summed E-state index contributed by atoms with van der Waals surface area (Å²) in [6.45, 7) is 5.59. The molecule has 5 nitrogen and oxygen atoms in total. The van der Waals surface area contributed by atoms with Crippen LogP contribution >= 0.6 is 23.4 Å². The zero-order chi connectivity index (χ0) is 12.4. The number of halogens is 1. The molecule has 0 aliphatic heterocycles. The lowest BCUT2D eigenvalue weighted by Crippen LogP contribution is -1.98. The highest BCUT2D eigenvalue weighted by Crippen LogP contribution is 2.30. The summed E-state index contributed by atoms with van der Waals surface area (Å²) in [4.78, 5) is 8.57. The van der Waals surface area contributed by atoms with Gasteiger partial charge in [0.2, 0.25) is 5.89 Å². The second-order valence-corrected chi connectivity index (χ2v) is 4.70. The maximum Gasteiger partial charge on any atom is 0.282 e. The smallest absolute Gasteiger partial charge is 0.282 e. The normalized spacial score (nSPS) is 10.8. The zero-order valence-electron chi connectivity index (χ0n) is 9.69. The van der Waals surface area contributed by atoms with Gasteiger partial charge in [-0.05, 0) is 18.7 Å². The first-order valence-corrected chi connectivity index (χ1v) is 6.30. The van der Waals surface area contributed by atoms with E-state index in [0.717, 1.165) is 17.0 Å². The average molecular weight is 271 g/mol. The predicted molar refractivity (Wildman–Crippen MR) is 64.3 cm³/mol. The Morgan fingerprint density at radius 3 is 2.59 bits per heavy atom. The SMILES string of the molecule is CCc1nc(Cl)c(C)c(Sc2nnc(C)o2)n1. The summed E-state index contributed by atoms with van der Waals surface area (Å²) in [5.74, 6) is 1.24. The maximum absolute atomic E-state index is 6.04. The summed E-state index contributed by atoms with van der Waals surface area (Å²) < 4.78 is 5.29. The first-order chi connectivity index (χ1) is 8.10. The van der Waals surface area contributed by atoms with Crippen molar-refractivity contribution < 1.29 is 4.42 Å². The Morgan fingerprint density at radius 2 is 2.00 bits per heavy atom. The molecule has 7 heteroatoms. The third-order valence-electron chi connectivity index (χ3n) is 2.10. The quantitative estimate of drug-likeness (QED) is 0.799. The summed E-state index contributed by atoms with van der Waals surface area (Å²) in [5.41, 5.74) is 0.824. The van der Waals surface area contributed by atoms with Crippen LogP contribution in [0.25, 0.3) is 0 Å². The summed E-state index contributed by atoms with van der Waals surface area (Å²) in [7, 11) is 0. The van der Waals surface area contributed by atoms with Crippen LogP contribution in [0.4, 0.5) is 0 Å². The average Bonchev–Trinajstić information content (AvgIpc) is 2.70. The van der Waals surface area contributed by atoms with Crippen molar-refractivity contribution in [3.63, 3.8) is 0 Å². The Morgan fingerprint density at radius 1 is 1.24 bits per heavy atom. The van der Waals surface area contributed by atoms with E-state index in [4.69, 9.17) is 16.0 Å². The van der Waals surface area contributed by atoms with Crippen LogP contribution in [0.3, 0.4) is 0 Å². The van der Waals surface area contributed by atoms with Gasteiger partial charge in [0.05, 0.1) is 0 Å². The topological polar surface area (TPSA) is 64.7 Å². The lowest BCUT2D eigenvalue weighted by atomic mass is 10.3. The van der Waals surface area contributed by atoms with Crippen LogP contribution in [0.2, 0.25) is 5.15 Å². The molecule has 0 aliphatic carbocycles. The van der Waals surface area contributed by atoms with E-state index in [1.54, 1.807) is 6.92 Å². The van der Waals surface area contributed by atoms with Gasteiger partial charge >= 0.3 is 0 Å². The van der Waals surface area contributed by atoms with Crippen molar-refractivity contribution in [1.82, 2.24) is 20.2 Å². The molecule has 0 saturated carbocycles. The Labute approximate surface area is 108 Å². The minimum absolute atomic E-state index is 0.461. The zero-order valence-corrected chi connectivity index (χ0v) is 11.3. The van der Waals surface area contributed by atoms with Gasteiger partial charge in [0.25, 0.3) is 5.22 Å². The molecule has 0 saturated heterocycles. The molecule has 2 rings (SSSR count). The molecule has 0 fully saturated rings. The van der Waals surface area contributed by atoms with Crippen molar-refractivity contribution in [3.8, 4) is 0 Å². The summed E-state index contributed by atoms with van der Waals surface area (Å²) in [6.07, 6.45) is 0.733. The van der Waals surface area contributed by atoms with Crippen molar-refractivity contribution in [2.24, 2.45) is 0 Å². The van der Waals surface area contributed by atoms with Crippen molar-refractivity contribution in [3.05, 3.63) is 22.4 Å². The highest BCUT2D eigenvalue weighted by Gasteiger charge is 2.13. The van der Waals surface area contributed by atoms with Gasteiger partial charge in [-0.2, -0.15) is 0 Å². The fourth-order valence-corrected chi connectivity index (χ4v) is 2.22. The molecule has 2 aromatic rings. The van der Waals surface area contributed by atoms with E-state index in [-0.39, 0.29) is 0 Å². The molecule has 0 amide bonds. The molecule has 2 heterocycles. The molecule has 0 aliphatic rings.